The van der Waals surface area contributed by atoms with Gasteiger partial charge in [-0.15, -0.1) is 0 Å². The summed E-state index contributed by atoms with van der Waals surface area (Å²) in [5.74, 6) is -0.403. The molecule has 0 bridgehead atoms. The minimum absolute atomic E-state index is 0.0888. The molecule has 0 aliphatic carbocycles. The summed E-state index contributed by atoms with van der Waals surface area (Å²) in [6.07, 6.45) is 1.48. The van der Waals surface area contributed by atoms with E-state index in [-0.39, 0.29) is 11.7 Å². The van der Waals surface area contributed by atoms with Crippen molar-refractivity contribution in [2.24, 2.45) is 0 Å². The zero-order valence-corrected chi connectivity index (χ0v) is 11.9. The number of hydrogen-bond donors (Lipinski definition) is 2. The van der Waals surface area contributed by atoms with Crippen molar-refractivity contribution < 1.29 is 13.2 Å². The summed E-state index contributed by atoms with van der Waals surface area (Å²) in [5.41, 5.74) is 6.81. The van der Waals surface area contributed by atoms with Crippen LogP contribution in [0.2, 0.25) is 0 Å². The quantitative estimate of drug-likeness (QED) is 0.859. The zero-order valence-electron chi connectivity index (χ0n) is 10.2. The van der Waals surface area contributed by atoms with Crippen molar-refractivity contribution >= 4 is 42.4 Å². The number of anilines is 1. The van der Waals surface area contributed by atoms with E-state index in [4.69, 9.17) is 5.73 Å². The number of sulfone groups is 1. The Kier molecular flexibility index (Phi) is 2.98. The van der Waals surface area contributed by atoms with Gasteiger partial charge in [0.1, 0.15) is 0 Å². The number of carbonyl (C=O) groups is 1. The van der Waals surface area contributed by atoms with Gasteiger partial charge in [-0.05, 0) is 24.3 Å². The molecule has 20 heavy (non-hydrogen) atoms. The highest BCUT2D eigenvalue weighted by Gasteiger charge is 2.23. The van der Waals surface area contributed by atoms with Gasteiger partial charge in [-0.3, -0.25) is 4.79 Å². The largest absolute Gasteiger partial charge is 0.375 e. The van der Waals surface area contributed by atoms with Crippen molar-refractivity contribution in [1.82, 2.24) is 10.3 Å². The van der Waals surface area contributed by atoms with Crippen LogP contribution in [0.5, 0.6) is 0 Å². The summed E-state index contributed by atoms with van der Waals surface area (Å²) in [6, 6.07) is 4.59. The van der Waals surface area contributed by atoms with Crippen LogP contribution in [0.4, 0.5) is 5.13 Å². The third kappa shape index (κ3) is 2.52. The maximum atomic E-state index is 12.1. The first-order valence-electron chi connectivity index (χ1n) is 5.81. The predicted octanol–water partition coefficient (Wildman–Crippen LogP) is 0.919. The van der Waals surface area contributed by atoms with E-state index < -0.39 is 15.9 Å². The standard InChI is InChI=1S/C12H11N3O3S2/c13-12-15-9-2-1-7(5-10(9)19-12)11(16)14-8-3-4-20(17,18)6-8/h1-5,8H,6H2,(H2,13,15)(H,14,16). The number of hydrogen-bond acceptors (Lipinski definition) is 6. The van der Waals surface area contributed by atoms with Gasteiger partial charge in [-0.1, -0.05) is 11.3 Å². The van der Waals surface area contributed by atoms with Gasteiger partial charge in [0.15, 0.2) is 15.0 Å². The average Bonchev–Trinajstić information content (AvgIpc) is 2.89. The van der Waals surface area contributed by atoms with Crippen molar-refractivity contribution in [1.29, 1.82) is 0 Å². The molecule has 0 radical (unpaired) electrons. The van der Waals surface area contributed by atoms with E-state index in [1.165, 1.54) is 17.4 Å². The molecule has 1 aromatic carbocycles. The molecule has 1 aliphatic rings. The molecule has 3 N–H and O–H groups in total. The van der Waals surface area contributed by atoms with Crippen LogP contribution in [-0.4, -0.2) is 31.1 Å². The van der Waals surface area contributed by atoms with Gasteiger partial charge in [0.25, 0.3) is 5.91 Å². The van der Waals surface area contributed by atoms with E-state index in [0.717, 1.165) is 15.6 Å². The van der Waals surface area contributed by atoms with Crippen molar-refractivity contribution in [3.05, 3.63) is 35.2 Å². The number of aromatic nitrogens is 1. The maximum absolute atomic E-state index is 12.1. The Bertz CT molecular complexity index is 824. The second-order valence-electron chi connectivity index (χ2n) is 4.47. The molecule has 0 fully saturated rings. The minimum Gasteiger partial charge on any atom is -0.375 e. The molecule has 1 amide bonds. The van der Waals surface area contributed by atoms with E-state index in [1.807, 2.05) is 0 Å². The van der Waals surface area contributed by atoms with Crippen LogP contribution < -0.4 is 11.1 Å². The molecule has 3 rings (SSSR count). The summed E-state index contributed by atoms with van der Waals surface area (Å²) in [7, 11) is -3.17. The maximum Gasteiger partial charge on any atom is 0.251 e. The monoisotopic (exact) mass is 309 g/mol. The Morgan fingerprint density at radius 3 is 2.95 bits per heavy atom. The minimum atomic E-state index is -3.17. The Morgan fingerprint density at radius 1 is 1.45 bits per heavy atom. The van der Waals surface area contributed by atoms with Gasteiger partial charge >= 0.3 is 0 Å². The number of fused-ring (bicyclic) bond motifs is 1. The molecule has 8 heteroatoms. The predicted molar refractivity (Wildman–Crippen MR) is 78.2 cm³/mol. The van der Waals surface area contributed by atoms with Gasteiger partial charge < -0.3 is 11.1 Å². The highest BCUT2D eigenvalue weighted by atomic mass is 32.2. The summed E-state index contributed by atoms with van der Waals surface area (Å²) in [5, 5.41) is 4.25. The Labute approximate surface area is 119 Å². The first-order valence-corrected chi connectivity index (χ1v) is 8.34. The second kappa shape index (κ2) is 4.57. The Balaban J connectivity index is 1.80. The lowest BCUT2D eigenvalue weighted by atomic mass is 10.2. The van der Waals surface area contributed by atoms with Crippen molar-refractivity contribution in [3.63, 3.8) is 0 Å². The molecular formula is C12H11N3O3S2. The van der Waals surface area contributed by atoms with E-state index >= 15 is 0 Å². The Hall–Kier alpha value is -1.93. The molecule has 2 heterocycles. The van der Waals surface area contributed by atoms with Crippen LogP contribution in [0.25, 0.3) is 10.2 Å². The molecule has 1 aromatic heterocycles. The highest BCUT2D eigenvalue weighted by molar-refractivity contribution is 7.94. The number of thiazole rings is 1. The number of rotatable bonds is 2. The summed E-state index contributed by atoms with van der Waals surface area (Å²) < 4.78 is 23.4. The fraction of sp³-hybridized carbons (Fsp3) is 0.167. The molecule has 6 nitrogen and oxygen atoms in total. The fourth-order valence-electron chi connectivity index (χ4n) is 2.00. The van der Waals surface area contributed by atoms with Crippen LogP contribution >= 0.6 is 11.3 Å². The van der Waals surface area contributed by atoms with Gasteiger partial charge in [0.2, 0.25) is 0 Å². The molecule has 104 valence electrons. The summed E-state index contributed by atoms with van der Waals surface area (Å²) in [6.45, 7) is 0. The summed E-state index contributed by atoms with van der Waals surface area (Å²) >= 11 is 1.30. The number of nitrogens with zero attached hydrogens (tertiary/aromatic N) is 1. The molecule has 2 aromatic rings. The van der Waals surface area contributed by atoms with Crippen LogP contribution in [0.3, 0.4) is 0 Å². The zero-order chi connectivity index (χ0) is 14.3. The molecule has 1 atom stereocenters. The second-order valence-corrected chi connectivity index (χ2v) is 7.47. The third-order valence-corrected chi connectivity index (χ3v) is 5.16. The molecule has 0 saturated carbocycles. The van der Waals surface area contributed by atoms with Gasteiger partial charge in [0.05, 0.1) is 22.0 Å². The molecule has 0 spiro atoms. The van der Waals surface area contributed by atoms with Crippen LogP contribution in [0.1, 0.15) is 10.4 Å². The highest BCUT2D eigenvalue weighted by Crippen LogP contribution is 2.24. The third-order valence-electron chi connectivity index (χ3n) is 2.91. The van der Waals surface area contributed by atoms with Crippen LogP contribution in [0.15, 0.2) is 29.7 Å². The lowest BCUT2D eigenvalue weighted by Crippen LogP contribution is -2.35. The molecule has 1 unspecified atom stereocenters. The number of nitrogens with one attached hydrogen (secondary N) is 1. The Morgan fingerprint density at radius 2 is 2.25 bits per heavy atom. The fourth-order valence-corrected chi connectivity index (χ4v) is 4.01. The van der Waals surface area contributed by atoms with Crippen molar-refractivity contribution in [2.45, 2.75) is 6.04 Å². The number of carbonyl (C=O) groups excluding carboxylic acids is 1. The number of amides is 1. The number of benzene rings is 1. The van der Waals surface area contributed by atoms with E-state index in [1.54, 1.807) is 18.2 Å². The van der Waals surface area contributed by atoms with Gasteiger partial charge in [-0.25, -0.2) is 13.4 Å². The molecule has 0 saturated heterocycles. The summed E-state index contributed by atoms with van der Waals surface area (Å²) in [4.78, 5) is 16.2. The topological polar surface area (TPSA) is 102 Å². The number of nitrogen functional groups attached to an aromatic ring is 1. The van der Waals surface area contributed by atoms with Crippen LogP contribution in [0, 0.1) is 0 Å². The van der Waals surface area contributed by atoms with Gasteiger partial charge in [0, 0.05) is 11.0 Å². The van der Waals surface area contributed by atoms with Crippen LogP contribution in [-0.2, 0) is 9.84 Å². The molecular weight excluding hydrogens is 298 g/mol. The average molecular weight is 309 g/mol. The van der Waals surface area contributed by atoms with E-state index in [9.17, 15) is 13.2 Å². The normalized spacial score (nSPS) is 20.3. The first-order chi connectivity index (χ1) is 9.43. The lowest BCUT2D eigenvalue weighted by Gasteiger charge is -2.09. The molecule has 1 aliphatic heterocycles. The smallest absolute Gasteiger partial charge is 0.251 e. The van der Waals surface area contributed by atoms with Crippen molar-refractivity contribution in [2.75, 3.05) is 11.5 Å². The van der Waals surface area contributed by atoms with E-state index in [0.29, 0.717) is 10.7 Å². The first kappa shape index (κ1) is 13.1. The number of nitrogens with two attached hydrogens (primary N) is 1. The van der Waals surface area contributed by atoms with E-state index in [2.05, 4.69) is 10.3 Å². The van der Waals surface area contributed by atoms with Crippen molar-refractivity contribution in [3.8, 4) is 0 Å². The SMILES string of the molecule is Nc1nc2ccc(C(=O)NC3C=CS(=O)(=O)C3)cc2s1. The van der Waals surface area contributed by atoms with Gasteiger partial charge in [-0.2, -0.15) is 0 Å². The lowest BCUT2D eigenvalue weighted by molar-refractivity contribution is 0.0948.